The van der Waals surface area contributed by atoms with Crippen molar-refractivity contribution in [1.29, 1.82) is 0 Å². The van der Waals surface area contributed by atoms with E-state index in [1.165, 1.54) is 12.1 Å². The summed E-state index contributed by atoms with van der Waals surface area (Å²) in [5.74, 6) is -0.438. The number of pyridine rings is 1. The molecule has 1 aromatic carbocycles. The lowest BCUT2D eigenvalue weighted by Crippen LogP contribution is -2.25. The van der Waals surface area contributed by atoms with Crippen LogP contribution < -0.4 is 0 Å². The van der Waals surface area contributed by atoms with Crippen molar-refractivity contribution in [3.05, 3.63) is 71.4 Å². The standard InChI is InChI=1S/C17H13FN4O/c1-22-16(12-4-2-3-9-19-12)13-14(20-21-15(13)17(22)23)10-5-7-11(18)8-6-10/h2-9,16H,1H3,(H,20,21)/t16-/m0/s1. The molecule has 1 N–H and O–H groups in total. The van der Waals surface area contributed by atoms with Gasteiger partial charge in [0.1, 0.15) is 17.6 Å². The second-order valence-electron chi connectivity index (χ2n) is 5.44. The van der Waals surface area contributed by atoms with Crippen LogP contribution in [0.25, 0.3) is 11.3 Å². The Morgan fingerprint density at radius 2 is 1.96 bits per heavy atom. The maximum atomic E-state index is 13.2. The van der Waals surface area contributed by atoms with Crippen LogP contribution in [0.4, 0.5) is 4.39 Å². The van der Waals surface area contributed by atoms with Gasteiger partial charge in [0.05, 0.1) is 11.4 Å². The van der Waals surface area contributed by atoms with Crippen LogP contribution in [0.2, 0.25) is 0 Å². The lowest BCUT2D eigenvalue weighted by atomic mass is 9.99. The topological polar surface area (TPSA) is 61.9 Å². The predicted octanol–water partition coefficient (Wildman–Crippen LogP) is 2.79. The van der Waals surface area contributed by atoms with Crippen LogP contribution >= 0.6 is 0 Å². The third-order valence-corrected chi connectivity index (χ3v) is 4.08. The van der Waals surface area contributed by atoms with Crippen molar-refractivity contribution >= 4 is 5.91 Å². The van der Waals surface area contributed by atoms with Gasteiger partial charge in [-0.3, -0.25) is 14.9 Å². The van der Waals surface area contributed by atoms with E-state index in [0.29, 0.717) is 11.4 Å². The van der Waals surface area contributed by atoms with Crippen LogP contribution in [-0.4, -0.2) is 33.0 Å². The molecule has 0 aliphatic carbocycles. The van der Waals surface area contributed by atoms with Gasteiger partial charge in [0.15, 0.2) is 0 Å². The van der Waals surface area contributed by atoms with Crippen LogP contribution in [-0.2, 0) is 0 Å². The normalized spacial score (nSPS) is 16.7. The maximum absolute atomic E-state index is 13.2. The van der Waals surface area contributed by atoms with Gasteiger partial charge in [-0.2, -0.15) is 5.10 Å². The third-order valence-electron chi connectivity index (χ3n) is 4.08. The molecular weight excluding hydrogens is 295 g/mol. The molecule has 0 saturated heterocycles. The number of halogens is 1. The number of aromatic amines is 1. The summed E-state index contributed by atoms with van der Waals surface area (Å²) >= 11 is 0. The molecule has 5 nitrogen and oxygen atoms in total. The number of H-pyrrole nitrogens is 1. The number of nitrogens with zero attached hydrogens (tertiary/aromatic N) is 3. The van der Waals surface area contributed by atoms with Gasteiger partial charge in [-0.15, -0.1) is 0 Å². The zero-order valence-corrected chi connectivity index (χ0v) is 12.3. The number of carbonyl (C=O) groups excluding carboxylic acids is 1. The summed E-state index contributed by atoms with van der Waals surface area (Å²) in [6, 6.07) is 11.4. The zero-order chi connectivity index (χ0) is 16.0. The van der Waals surface area contributed by atoms with E-state index >= 15 is 0 Å². The fourth-order valence-electron chi connectivity index (χ4n) is 2.98. The monoisotopic (exact) mass is 308 g/mol. The van der Waals surface area contributed by atoms with Crippen LogP contribution in [0.5, 0.6) is 0 Å². The Balaban J connectivity index is 1.90. The third kappa shape index (κ3) is 2.03. The van der Waals surface area contributed by atoms with Gasteiger partial charge in [-0.1, -0.05) is 6.07 Å². The van der Waals surface area contributed by atoms with Gasteiger partial charge in [0, 0.05) is 24.4 Å². The maximum Gasteiger partial charge on any atom is 0.272 e. The Labute approximate surface area is 131 Å². The quantitative estimate of drug-likeness (QED) is 0.792. The number of fused-ring (bicyclic) bond motifs is 1. The lowest BCUT2D eigenvalue weighted by molar-refractivity contribution is 0.0786. The number of aromatic nitrogens is 3. The Morgan fingerprint density at radius 1 is 1.17 bits per heavy atom. The second-order valence-corrected chi connectivity index (χ2v) is 5.44. The Kier molecular flexibility index (Phi) is 2.97. The highest BCUT2D eigenvalue weighted by Crippen LogP contribution is 2.40. The summed E-state index contributed by atoms with van der Waals surface area (Å²) < 4.78 is 13.2. The summed E-state index contributed by atoms with van der Waals surface area (Å²) in [6.45, 7) is 0. The fraction of sp³-hybridized carbons (Fsp3) is 0.118. The average molecular weight is 308 g/mol. The molecule has 114 valence electrons. The summed E-state index contributed by atoms with van der Waals surface area (Å²) in [7, 11) is 1.74. The number of amides is 1. The molecule has 1 amide bonds. The first-order chi connectivity index (χ1) is 11.2. The molecular formula is C17H13FN4O. The molecule has 0 radical (unpaired) electrons. The zero-order valence-electron chi connectivity index (χ0n) is 12.3. The first-order valence-electron chi connectivity index (χ1n) is 7.19. The number of hydrogen-bond acceptors (Lipinski definition) is 3. The second kappa shape index (κ2) is 5.01. The summed E-state index contributed by atoms with van der Waals surface area (Å²) in [5, 5.41) is 7.09. The molecule has 0 fully saturated rings. The van der Waals surface area contributed by atoms with Crippen molar-refractivity contribution in [2.45, 2.75) is 6.04 Å². The van der Waals surface area contributed by atoms with E-state index in [1.807, 2.05) is 18.2 Å². The minimum atomic E-state index is -0.310. The summed E-state index contributed by atoms with van der Waals surface area (Å²) in [4.78, 5) is 18.5. The van der Waals surface area contributed by atoms with Gasteiger partial charge in [-0.25, -0.2) is 4.39 Å². The van der Waals surface area contributed by atoms with E-state index < -0.39 is 0 Å². The van der Waals surface area contributed by atoms with Crippen molar-refractivity contribution in [1.82, 2.24) is 20.1 Å². The minimum absolute atomic E-state index is 0.128. The number of hydrogen-bond donors (Lipinski definition) is 1. The summed E-state index contributed by atoms with van der Waals surface area (Å²) in [6.07, 6.45) is 1.70. The highest BCUT2D eigenvalue weighted by Gasteiger charge is 2.40. The molecule has 1 aliphatic heterocycles. The highest BCUT2D eigenvalue weighted by molar-refractivity contribution is 5.99. The highest BCUT2D eigenvalue weighted by atomic mass is 19.1. The SMILES string of the molecule is CN1C(=O)c2[nH]nc(-c3ccc(F)cc3)c2[C@@H]1c1ccccn1. The number of benzene rings is 1. The molecule has 0 saturated carbocycles. The van der Waals surface area contributed by atoms with Gasteiger partial charge >= 0.3 is 0 Å². The van der Waals surface area contributed by atoms with Gasteiger partial charge < -0.3 is 4.90 Å². The smallest absolute Gasteiger partial charge is 0.272 e. The van der Waals surface area contributed by atoms with Crippen LogP contribution in [0, 0.1) is 5.82 Å². The number of nitrogens with one attached hydrogen (secondary N) is 1. The lowest BCUT2D eigenvalue weighted by Gasteiger charge is -2.20. The van der Waals surface area contributed by atoms with E-state index in [4.69, 9.17) is 0 Å². The molecule has 0 bridgehead atoms. The van der Waals surface area contributed by atoms with Gasteiger partial charge in [0.25, 0.3) is 5.91 Å². The molecule has 2 aromatic heterocycles. The van der Waals surface area contributed by atoms with E-state index in [2.05, 4.69) is 15.2 Å². The van der Waals surface area contributed by atoms with Crippen LogP contribution in [0.3, 0.4) is 0 Å². The Bertz CT molecular complexity index is 873. The number of carbonyl (C=O) groups is 1. The number of rotatable bonds is 2. The van der Waals surface area contributed by atoms with E-state index in [-0.39, 0.29) is 17.8 Å². The van der Waals surface area contributed by atoms with Crippen molar-refractivity contribution in [2.24, 2.45) is 0 Å². The molecule has 1 atom stereocenters. The minimum Gasteiger partial charge on any atom is -0.327 e. The van der Waals surface area contributed by atoms with E-state index in [1.54, 1.807) is 30.3 Å². The first-order valence-corrected chi connectivity index (χ1v) is 7.19. The van der Waals surface area contributed by atoms with Crippen molar-refractivity contribution in [2.75, 3.05) is 7.05 Å². The Morgan fingerprint density at radius 3 is 2.65 bits per heavy atom. The van der Waals surface area contributed by atoms with E-state index in [0.717, 1.165) is 16.8 Å². The largest absolute Gasteiger partial charge is 0.327 e. The summed E-state index contributed by atoms with van der Waals surface area (Å²) in [5.41, 5.74) is 3.42. The molecule has 4 rings (SSSR count). The van der Waals surface area contributed by atoms with Crippen LogP contribution in [0.1, 0.15) is 27.8 Å². The fourth-order valence-corrected chi connectivity index (χ4v) is 2.98. The first kappa shape index (κ1) is 13.6. The van der Waals surface area contributed by atoms with Gasteiger partial charge in [0.2, 0.25) is 0 Å². The molecule has 23 heavy (non-hydrogen) atoms. The van der Waals surface area contributed by atoms with Crippen molar-refractivity contribution in [3.63, 3.8) is 0 Å². The van der Waals surface area contributed by atoms with Crippen LogP contribution in [0.15, 0.2) is 48.7 Å². The van der Waals surface area contributed by atoms with Gasteiger partial charge in [-0.05, 0) is 36.4 Å². The average Bonchev–Trinajstić information content (AvgIpc) is 3.10. The van der Waals surface area contributed by atoms with Crippen molar-refractivity contribution < 1.29 is 9.18 Å². The predicted molar refractivity (Wildman–Crippen MR) is 82.2 cm³/mol. The molecule has 0 spiro atoms. The van der Waals surface area contributed by atoms with Crippen molar-refractivity contribution in [3.8, 4) is 11.3 Å². The Hall–Kier alpha value is -3.02. The molecule has 3 aromatic rings. The molecule has 3 heterocycles. The molecule has 6 heteroatoms. The molecule has 0 unspecified atom stereocenters. The van der Waals surface area contributed by atoms with E-state index in [9.17, 15) is 9.18 Å². The molecule has 1 aliphatic rings.